The van der Waals surface area contributed by atoms with E-state index in [-0.39, 0.29) is 10.8 Å². The zero-order valence-corrected chi connectivity index (χ0v) is 10.1. The van der Waals surface area contributed by atoms with Gasteiger partial charge < -0.3 is 0 Å². The van der Waals surface area contributed by atoms with Crippen LogP contribution in [-0.4, -0.2) is 6.21 Å². The van der Waals surface area contributed by atoms with E-state index in [2.05, 4.69) is 52.6 Å². The first-order valence-electron chi connectivity index (χ1n) is 4.89. The summed E-state index contributed by atoms with van der Waals surface area (Å²) in [6.07, 6.45) is 4.11. The van der Waals surface area contributed by atoms with Gasteiger partial charge in [0.1, 0.15) is 0 Å². The molecule has 0 aromatic rings. The van der Waals surface area contributed by atoms with Gasteiger partial charge in [-0.1, -0.05) is 47.6 Å². The predicted molar refractivity (Wildman–Crippen MR) is 61.2 cm³/mol. The van der Waals surface area contributed by atoms with Crippen LogP contribution in [-0.2, 0) is 0 Å². The summed E-state index contributed by atoms with van der Waals surface area (Å²) >= 11 is 0. The molecular formula is C12H23N. The second-order valence-electron chi connectivity index (χ2n) is 5.53. The van der Waals surface area contributed by atoms with Gasteiger partial charge in [0.25, 0.3) is 0 Å². The van der Waals surface area contributed by atoms with Crippen LogP contribution in [0.5, 0.6) is 0 Å². The molecule has 13 heavy (non-hydrogen) atoms. The number of aliphatic imine (C=N–C) groups is 1. The van der Waals surface area contributed by atoms with Gasteiger partial charge >= 0.3 is 0 Å². The maximum atomic E-state index is 4.42. The fourth-order valence-corrected chi connectivity index (χ4v) is 0.997. The molecule has 0 saturated heterocycles. The SMILES string of the molecule is CC=NC(=CC(C)(C)C)C(C)(C)C. The molecule has 0 spiro atoms. The maximum Gasteiger partial charge on any atom is 0.0418 e. The Balaban J connectivity index is 4.94. The molecule has 1 heteroatoms. The molecule has 0 radical (unpaired) electrons. The number of hydrogen-bond donors (Lipinski definition) is 0. The minimum atomic E-state index is 0.139. The summed E-state index contributed by atoms with van der Waals surface area (Å²) in [7, 11) is 0. The topological polar surface area (TPSA) is 12.4 Å². The van der Waals surface area contributed by atoms with E-state index in [0.29, 0.717) is 0 Å². The summed E-state index contributed by atoms with van der Waals surface area (Å²) in [5.41, 5.74) is 1.51. The molecule has 0 N–H and O–H groups in total. The van der Waals surface area contributed by atoms with Gasteiger partial charge in [0.2, 0.25) is 0 Å². The minimum absolute atomic E-state index is 0.139. The molecule has 0 aliphatic carbocycles. The van der Waals surface area contributed by atoms with E-state index in [1.54, 1.807) is 0 Å². The van der Waals surface area contributed by atoms with E-state index in [9.17, 15) is 0 Å². The van der Waals surface area contributed by atoms with Crippen molar-refractivity contribution in [2.75, 3.05) is 0 Å². The van der Waals surface area contributed by atoms with Gasteiger partial charge in [-0.25, -0.2) is 0 Å². The van der Waals surface area contributed by atoms with Gasteiger partial charge in [-0.3, -0.25) is 4.99 Å². The molecule has 0 atom stereocenters. The van der Waals surface area contributed by atoms with Crippen LogP contribution in [0.3, 0.4) is 0 Å². The van der Waals surface area contributed by atoms with Gasteiger partial charge in [0.05, 0.1) is 0 Å². The molecule has 0 aromatic heterocycles. The normalized spacial score (nSPS) is 15.5. The Morgan fingerprint density at radius 2 is 1.46 bits per heavy atom. The fourth-order valence-electron chi connectivity index (χ4n) is 0.997. The monoisotopic (exact) mass is 181 g/mol. The number of rotatable bonds is 1. The molecule has 0 aromatic carbocycles. The van der Waals surface area contributed by atoms with Gasteiger partial charge in [-0.15, -0.1) is 0 Å². The highest BCUT2D eigenvalue weighted by molar-refractivity contribution is 5.55. The van der Waals surface area contributed by atoms with Gasteiger partial charge in [0, 0.05) is 17.3 Å². The van der Waals surface area contributed by atoms with Gasteiger partial charge in [-0.05, 0) is 12.3 Å². The van der Waals surface area contributed by atoms with Crippen molar-refractivity contribution in [2.45, 2.75) is 48.5 Å². The molecule has 0 aliphatic rings. The molecule has 0 amide bonds. The minimum Gasteiger partial charge on any atom is -0.266 e. The molecule has 1 nitrogen and oxygen atoms in total. The molecule has 0 fully saturated rings. The Kier molecular flexibility index (Phi) is 3.89. The van der Waals surface area contributed by atoms with Crippen LogP contribution in [0.2, 0.25) is 0 Å². The van der Waals surface area contributed by atoms with Crippen molar-refractivity contribution in [3.05, 3.63) is 11.8 Å². The van der Waals surface area contributed by atoms with Crippen molar-refractivity contribution >= 4 is 6.21 Å². The third-order valence-electron chi connectivity index (χ3n) is 1.61. The Labute approximate surface area is 83.0 Å². The first kappa shape index (κ1) is 12.4. The van der Waals surface area contributed by atoms with Crippen molar-refractivity contribution in [3.8, 4) is 0 Å². The summed E-state index contributed by atoms with van der Waals surface area (Å²) in [5, 5.41) is 0. The van der Waals surface area contributed by atoms with Crippen molar-refractivity contribution in [3.63, 3.8) is 0 Å². The van der Waals surface area contributed by atoms with Crippen LogP contribution in [0.15, 0.2) is 16.8 Å². The van der Waals surface area contributed by atoms with E-state index in [1.807, 2.05) is 13.1 Å². The Morgan fingerprint density at radius 3 is 1.69 bits per heavy atom. The highest BCUT2D eigenvalue weighted by Gasteiger charge is 2.19. The summed E-state index contributed by atoms with van der Waals surface area (Å²) in [4.78, 5) is 4.42. The molecule has 0 aliphatic heterocycles. The van der Waals surface area contributed by atoms with Crippen LogP contribution >= 0.6 is 0 Å². The zero-order chi connectivity index (χ0) is 10.7. The summed E-state index contributed by atoms with van der Waals surface area (Å²) in [5.74, 6) is 0. The smallest absolute Gasteiger partial charge is 0.0418 e. The maximum absolute atomic E-state index is 4.42. The van der Waals surface area contributed by atoms with E-state index < -0.39 is 0 Å². The molecule has 0 bridgehead atoms. The van der Waals surface area contributed by atoms with Gasteiger partial charge in [0.15, 0.2) is 0 Å². The van der Waals surface area contributed by atoms with Crippen molar-refractivity contribution < 1.29 is 0 Å². The standard InChI is InChI=1S/C12H23N/c1-8-13-10(12(5,6)7)9-11(2,3)4/h8-9H,1-7H3. The second-order valence-corrected chi connectivity index (χ2v) is 5.53. The van der Waals surface area contributed by atoms with Crippen molar-refractivity contribution in [1.29, 1.82) is 0 Å². The number of nitrogens with zero attached hydrogens (tertiary/aromatic N) is 1. The molecular weight excluding hydrogens is 158 g/mol. The van der Waals surface area contributed by atoms with E-state index in [1.165, 1.54) is 5.70 Å². The molecule has 0 saturated carbocycles. The van der Waals surface area contributed by atoms with Crippen LogP contribution in [0.1, 0.15) is 48.5 Å². The first-order valence-corrected chi connectivity index (χ1v) is 4.89. The second kappa shape index (κ2) is 4.08. The van der Waals surface area contributed by atoms with Crippen molar-refractivity contribution in [2.24, 2.45) is 15.8 Å². The zero-order valence-electron chi connectivity index (χ0n) is 10.1. The largest absolute Gasteiger partial charge is 0.266 e. The predicted octanol–water partition coefficient (Wildman–Crippen LogP) is 4.05. The van der Waals surface area contributed by atoms with Crippen LogP contribution in [0.4, 0.5) is 0 Å². The average Bonchev–Trinajstić information content (AvgIpc) is 1.81. The van der Waals surface area contributed by atoms with Gasteiger partial charge in [-0.2, -0.15) is 0 Å². The van der Waals surface area contributed by atoms with E-state index >= 15 is 0 Å². The summed E-state index contributed by atoms with van der Waals surface area (Å²) < 4.78 is 0. The molecule has 76 valence electrons. The lowest BCUT2D eigenvalue weighted by Crippen LogP contribution is -2.12. The number of allylic oxidation sites excluding steroid dienone is 2. The molecule has 0 unspecified atom stereocenters. The number of hydrogen-bond acceptors (Lipinski definition) is 1. The lowest BCUT2D eigenvalue weighted by Gasteiger charge is -2.23. The lowest BCUT2D eigenvalue weighted by molar-refractivity contribution is 0.466. The quantitative estimate of drug-likeness (QED) is 0.541. The van der Waals surface area contributed by atoms with Crippen LogP contribution < -0.4 is 0 Å². The molecule has 0 rings (SSSR count). The molecule has 0 heterocycles. The summed E-state index contributed by atoms with van der Waals surface area (Å²) in [6.45, 7) is 15.1. The Bertz CT molecular complexity index is 208. The highest BCUT2D eigenvalue weighted by Crippen LogP contribution is 2.30. The van der Waals surface area contributed by atoms with Crippen molar-refractivity contribution in [1.82, 2.24) is 0 Å². The third-order valence-corrected chi connectivity index (χ3v) is 1.61. The van der Waals surface area contributed by atoms with E-state index in [4.69, 9.17) is 0 Å². The summed E-state index contributed by atoms with van der Waals surface area (Å²) in [6, 6.07) is 0. The fraction of sp³-hybridized carbons (Fsp3) is 0.750. The Hall–Kier alpha value is -0.590. The highest BCUT2D eigenvalue weighted by atomic mass is 14.8. The third kappa shape index (κ3) is 5.62. The lowest BCUT2D eigenvalue weighted by atomic mass is 9.86. The first-order chi connectivity index (χ1) is 5.67. The van der Waals surface area contributed by atoms with E-state index in [0.717, 1.165) is 0 Å². The van der Waals surface area contributed by atoms with Crippen LogP contribution in [0, 0.1) is 10.8 Å². The Morgan fingerprint density at radius 1 is 1.00 bits per heavy atom. The van der Waals surface area contributed by atoms with Crippen LogP contribution in [0.25, 0.3) is 0 Å². The average molecular weight is 181 g/mol.